The van der Waals surface area contributed by atoms with Crippen molar-refractivity contribution in [2.75, 3.05) is 0 Å². The molecule has 0 radical (unpaired) electrons. The molecule has 0 saturated heterocycles. The molecular weight excluding hydrogens is 518 g/mol. The van der Waals surface area contributed by atoms with Gasteiger partial charge in [-0.05, 0) is 35.4 Å². The number of nitrogens with zero attached hydrogens (tertiary/aromatic N) is 1. The summed E-state index contributed by atoms with van der Waals surface area (Å²) >= 11 is 1.87. The average Bonchev–Trinajstić information content (AvgIpc) is 3.70. The van der Waals surface area contributed by atoms with E-state index in [4.69, 9.17) is 4.42 Å². The summed E-state index contributed by atoms with van der Waals surface area (Å²) in [4.78, 5) is 0. The summed E-state index contributed by atoms with van der Waals surface area (Å²) in [7, 11) is 0. The molecule has 0 aliphatic rings. The van der Waals surface area contributed by atoms with Gasteiger partial charge in [0.2, 0.25) is 0 Å². The van der Waals surface area contributed by atoms with Crippen LogP contribution in [0.15, 0.2) is 144 Å². The smallest absolute Gasteiger partial charge is 0.143 e. The van der Waals surface area contributed by atoms with Crippen molar-refractivity contribution in [3.05, 3.63) is 140 Å². The van der Waals surface area contributed by atoms with Crippen LogP contribution in [0.2, 0.25) is 0 Å². The number of para-hydroxylation sites is 4. The third kappa shape index (κ3) is 3.24. The highest BCUT2D eigenvalue weighted by Gasteiger charge is 2.22. The first-order valence-electron chi connectivity index (χ1n) is 13.9. The first-order chi connectivity index (χ1) is 20.4. The van der Waals surface area contributed by atoms with Gasteiger partial charge in [-0.25, -0.2) is 0 Å². The Morgan fingerprint density at radius 2 is 1.10 bits per heavy atom. The van der Waals surface area contributed by atoms with Crippen molar-refractivity contribution >= 4 is 64.5 Å². The first-order valence-corrected chi connectivity index (χ1v) is 14.7. The molecule has 0 aliphatic carbocycles. The normalized spacial score (nSPS) is 11.9. The predicted octanol–water partition coefficient (Wildman–Crippen LogP) is 11.2. The third-order valence-corrected chi connectivity index (χ3v) is 9.39. The van der Waals surface area contributed by atoms with Gasteiger partial charge < -0.3 is 8.98 Å². The Kier molecular flexibility index (Phi) is 4.80. The highest BCUT2D eigenvalue weighted by molar-refractivity contribution is 7.26. The molecule has 6 aromatic carbocycles. The maximum absolute atomic E-state index is 6.83. The number of furan rings is 1. The Bertz CT molecular complexity index is 2410. The van der Waals surface area contributed by atoms with Crippen LogP contribution in [-0.4, -0.2) is 4.57 Å². The number of thiophene rings is 1. The van der Waals surface area contributed by atoms with Crippen LogP contribution in [0.25, 0.3) is 81.1 Å². The van der Waals surface area contributed by atoms with Crippen molar-refractivity contribution in [1.29, 1.82) is 0 Å². The van der Waals surface area contributed by atoms with Gasteiger partial charge in [-0.3, -0.25) is 0 Å². The Labute approximate surface area is 240 Å². The van der Waals surface area contributed by atoms with Crippen molar-refractivity contribution in [2.24, 2.45) is 0 Å². The summed E-state index contributed by atoms with van der Waals surface area (Å²) in [6.07, 6.45) is 0. The molecule has 0 unspecified atom stereocenters. The van der Waals surface area contributed by atoms with E-state index in [1.54, 1.807) is 0 Å². The van der Waals surface area contributed by atoms with Crippen molar-refractivity contribution < 1.29 is 4.42 Å². The van der Waals surface area contributed by atoms with Crippen LogP contribution in [0.5, 0.6) is 0 Å². The van der Waals surface area contributed by atoms with Crippen molar-refractivity contribution in [1.82, 2.24) is 4.57 Å². The largest absolute Gasteiger partial charge is 0.455 e. The lowest BCUT2D eigenvalue weighted by atomic mass is 9.98. The van der Waals surface area contributed by atoms with Gasteiger partial charge in [0.15, 0.2) is 0 Å². The maximum Gasteiger partial charge on any atom is 0.143 e. The molecule has 0 atom stereocenters. The minimum Gasteiger partial charge on any atom is -0.455 e. The van der Waals surface area contributed by atoms with Crippen molar-refractivity contribution in [3.63, 3.8) is 0 Å². The van der Waals surface area contributed by atoms with E-state index in [1.165, 1.54) is 42.5 Å². The molecule has 0 aliphatic heterocycles. The second kappa shape index (κ2) is 8.69. The van der Waals surface area contributed by atoms with E-state index in [1.807, 2.05) is 11.3 Å². The number of aromatic nitrogens is 1. The molecule has 3 heterocycles. The minimum atomic E-state index is 0.931. The SMILES string of the molecule is c1ccc(-c2cccc3c2oc2c(-c4cccc5sc6c7ccccc7n(-c7ccccc7)c6c45)cccc23)cc1. The van der Waals surface area contributed by atoms with E-state index in [0.29, 0.717) is 0 Å². The van der Waals surface area contributed by atoms with Gasteiger partial charge in [-0.2, -0.15) is 0 Å². The van der Waals surface area contributed by atoms with Crippen molar-refractivity contribution in [3.8, 4) is 27.9 Å². The molecule has 9 aromatic rings. The van der Waals surface area contributed by atoms with E-state index in [2.05, 4.69) is 144 Å². The number of hydrogen-bond donors (Lipinski definition) is 0. The minimum absolute atomic E-state index is 0.931. The summed E-state index contributed by atoms with van der Waals surface area (Å²) in [5.74, 6) is 0. The fourth-order valence-electron chi connectivity index (χ4n) is 6.46. The van der Waals surface area contributed by atoms with Crippen LogP contribution in [0.4, 0.5) is 0 Å². The van der Waals surface area contributed by atoms with Gasteiger partial charge >= 0.3 is 0 Å². The van der Waals surface area contributed by atoms with Gasteiger partial charge in [-0.1, -0.05) is 115 Å². The highest BCUT2D eigenvalue weighted by atomic mass is 32.1. The molecule has 0 spiro atoms. The average molecular weight is 542 g/mol. The van der Waals surface area contributed by atoms with Gasteiger partial charge in [-0.15, -0.1) is 11.3 Å². The monoisotopic (exact) mass is 541 g/mol. The van der Waals surface area contributed by atoms with Gasteiger partial charge in [0.25, 0.3) is 0 Å². The van der Waals surface area contributed by atoms with Gasteiger partial charge in [0, 0.05) is 43.1 Å². The van der Waals surface area contributed by atoms with Crippen LogP contribution in [0, 0.1) is 0 Å². The Balaban J connectivity index is 1.40. The zero-order valence-electron chi connectivity index (χ0n) is 22.0. The molecule has 41 heavy (non-hydrogen) atoms. The van der Waals surface area contributed by atoms with Crippen LogP contribution >= 0.6 is 11.3 Å². The summed E-state index contributed by atoms with van der Waals surface area (Å²) in [6, 6.07) is 49.7. The van der Waals surface area contributed by atoms with Gasteiger partial charge in [0.05, 0.1) is 15.7 Å². The fourth-order valence-corrected chi connectivity index (χ4v) is 7.70. The summed E-state index contributed by atoms with van der Waals surface area (Å²) in [5.41, 5.74) is 10.1. The number of rotatable bonds is 3. The summed E-state index contributed by atoms with van der Waals surface area (Å²) < 4.78 is 11.9. The number of fused-ring (bicyclic) bond motifs is 8. The molecular formula is C38H23NOS. The van der Waals surface area contributed by atoms with E-state index in [0.717, 1.165) is 38.6 Å². The van der Waals surface area contributed by atoms with Gasteiger partial charge in [0.1, 0.15) is 11.2 Å². The maximum atomic E-state index is 6.83. The molecule has 3 heteroatoms. The molecule has 2 nitrogen and oxygen atoms in total. The van der Waals surface area contributed by atoms with Crippen LogP contribution < -0.4 is 0 Å². The van der Waals surface area contributed by atoms with E-state index >= 15 is 0 Å². The lowest BCUT2D eigenvalue weighted by molar-refractivity contribution is 0.671. The molecule has 0 amide bonds. The topological polar surface area (TPSA) is 18.1 Å². The quantitative estimate of drug-likeness (QED) is 0.217. The molecule has 0 fully saturated rings. The van der Waals surface area contributed by atoms with E-state index < -0.39 is 0 Å². The number of hydrogen-bond acceptors (Lipinski definition) is 2. The molecule has 3 aromatic heterocycles. The Hall–Kier alpha value is -5.12. The Morgan fingerprint density at radius 1 is 0.488 bits per heavy atom. The standard InChI is InChI=1S/C38H23NOS/c1-3-12-24(13-4-1)26-17-9-20-29-30-21-10-19-28(37(30)40-36(26)29)27-18-11-23-33-34(27)35-38(41-33)31-16-7-8-22-32(31)39(35)25-14-5-2-6-15-25/h1-23H. The van der Waals surface area contributed by atoms with Crippen LogP contribution in [0.3, 0.4) is 0 Å². The lowest BCUT2D eigenvalue weighted by Gasteiger charge is -2.10. The molecule has 192 valence electrons. The zero-order valence-corrected chi connectivity index (χ0v) is 22.9. The molecule has 0 saturated carbocycles. The van der Waals surface area contributed by atoms with E-state index in [9.17, 15) is 0 Å². The summed E-state index contributed by atoms with van der Waals surface area (Å²) in [6.45, 7) is 0. The fraction of sp³-hybridized carbons (Fsp3) is 0. The lowest BCUT2D eigenvalue weighted by Crippen LogP contribution is -1.93. The summed E-state index contributed by atoms with van der Waals surface area (Å²) in [5, 5.41) is 4.84. The number of benzene rings is 6. The predicted molar refractivity (Wildman–Crippen MR) is 174 cm³/mol. The molecule has 9 rings (SSSR count). The molecule has 0 bridgehead atoms. The van der Waals surface area contributed by atoms with Crippen LogP contribution in [0.1, 0.15) is 0 Å². The third-order valence-electron chi connectivity index (χ3n) is 8.22. The Morgan fingerprint density at radius 3 is 1.90 bits per heavy atom. The van der Waals surface area contributed by atoms with E-state index in [-0.39, 0.29) is 0 Å². The first kappa shape index (κ1) is 22.7. The second-order valence-electron chi connectivity index (χ2n) is 10.5. The second-order valence-corrected chi connectivity index (χ2v) is 11.5. The van der Waals surface area contributed by atoms with Crippen molar-refractivity contribution in [2.45, 2.75) is 0 Å². The van der Waals surface area contributed by atoms with Crippen LogP contribution in [-0.2, 0) is 0 Å². The highest BCUT2D eigenvalue weighted by Crippen LogP contribution is 2.47. The molecule has 0 N–H and O–H groups in total. The zero-order chi connectivity index (χ0) is 26.9.